The molecule has 120 valence electrons. The predicted molar refractivity (Wildman–Crippen MR) is 91.9 cm³/mol. The van der Waals surface area contributed by atoms with Crippen molar-refractivity contribution in [3.05, 3.63) is 59.7 Å². The molecular weight excluding hydrogens is 288 g/mol. The van der Waals surface area contributed by atoms with E-state index in [-0.39, 0.29) is 5.91 Å². The van der Waals surface area contributed by atoms with Gasteiger partial charge in [-0.3, -0.25) is 9.69 Å². The number of methoxy groups -OCH3 is 1. The number of hydrogen-bond acceptors (Lipinski definition) is 3. The van der Waals surface area contributed by atoms with Crippen molar-refractivity contribution < 1.29 is 9.53 Å². The summed E-state index contributed by atoms with van der Waals surface area (Å²) in [5.74, 6) is 0.558. The lowest BCUT2D eigenvalue weighted by atomic mass is 10.1. The Bertz CT molecular complexity index is 679. The van der Waals surface area contributed by atoms with Crippen LogP contribution in [0.5, 0.6) is 5.75 Å². The minimum absolute atomic E-state index is 0.123. The van der Waals surface area contributed by atoms with Crippen LogP contribution in [0, 0.1) is 0 Å². The highest BCUT2D eigenvalue weighted by Crippen LogP contribution is 2.18. The molecule has 4 heteroatoms. The second-order valence-electron chi connectivity index (χ2n) is 5.87. The fourth-order valence-corrected chi connectivity index (χ4v) is 2.91. The smallest absolute Gasteiger partial charge is 0.255 e. The van der Waals surface area contributed by atoms with Gasteiger partial charge in [0.15, 0.2) is 0 Å². The topological polar surface area (TPSA) is 41.6 Å². The average Bonchev–Trinajstić information content (AvgIpc) is 3.08. The number of hydrogen-bond donors (Lipinski definition) is 1. The van der Waals surface area contributed by atoms with Crippen LogP contribution in [0.2, 0.25) is 0 Å². The number of nitrogens with zero attached hydrogens (tertiary/aromatic N) is 1. The van der Waals surface area contributed by atoms with Gasteiger partial charge in [0.25, 0.3) is 5.91 Å². The molecule has 0 bridgehead atoms. The van der Waals surface area contributed by atoms with Gasteiger partial charge in [0.2, 0.25) is 0 Å². The third-order valence-electron chi connectivity index (χ3n) is 4.12. The molecule has 3 rings (SSSR count). The SMILES string of the molecule is COc1cccc(C(=O)Nc2cccc(CN3CCCC3)c2)c1. The van der Waals surface area contributed by atoms with E-state index in [1.54, 1.807) is 19.2 Å². The van der Waals surface area contributed by atoms with Crippen molar-refractivity contribution in [2.75, 3.05) is 25.5 Å². The van der Waals surface area contributed by atoms with Gasteiger partial charge in [-0.1, -0.05) is 18.2 Å². The van der Waals surface area contributed by atoms with E-state index in [1.807, 2.05) is 24.3 Å². The highest BCUT2D eigenvalue weighted by atomic mass is 16.5. The lowest BCUT2D eigenvalue weighted by molar-refractivity contribution is 0.102. The van der Waals surface area contributed by atoms with Crippen LogP contribution in [-0.2, 0) is 6.54 Å². The lowest BCUT2D eigenvalue weighted by Gasteiger charge is -2.15. The molecule has 0 radical (unpaired) electrons. The van der Waals surface area contributed by atoms with Crippen LogP contribution in [0.4, 0.5) is 5.69 Å². The summed E-state index contributed by atoms with van der Waals surface area (Å²) in [6, 6.07) is 15.2. The Balaban J connectivity index is 1.68. The highest BCUT2D eigenvalue weighted by molar-refractivity contribution is 6.04. The van der Waals surface area contributed by atoms with Gasteiger partial charge < -0.3 is 10.1 Å². The number of amides is 1. The van der Waals surface area contributed by atoms with Crippen LogP contribution in [0.3, 0.4) is 0 Å². The second-order valence-corrected chi connectivity index (χ2v) is 5.87. The van der Waals surface area contributed by atoms with E-state index in [1.165, 1.54) is 31.5 Å². The van der Waals surface area contributed by atoms with E-state index >= 15 is 0 Å². The largest absolute Gasteiger partial charge is 0.497 e. The lowest BCUT2D eigenvalue weighted by Crippen LogP contribution is -2.18. The third kappa shape index (κ3) is 4.11. The van der Waals surface area contributed by atoms with Crippen molar-refractivity contribution in [2.24, 2.45) is 0 Å². The molecule has 0 atom stereocenters. The molecule has 4 nitrogen and oxygen atoms in total. The fourth-order valence-electron chi connectivity index (χ4n) is 2.91. The standard InChI is InChI=1S/C19H22N2O2/c1-23-18-9-5-7-16(13-18)19(22)20-17-8-4-6-15(12-17)14-21-10-2-3-11-21/h4-9,12-13H,2-3,10-11,14H2,1H3,(H,20,22). The van der Waals surface area contributed by atoms with Gasteiger partial charge in [-0.2, -0.15) is 0 Å². The Hall–Kier alpha value is -2.33. The molecule has 2 aromatic carbocycles. The highest BCUT2D eigenvalue weighted by Gasteiger charge is 2.12. The van der Waals surface area contributed by atoms with E-state index in [0.717, 1.165) is 12.2 Å². The fraction of sp³-hybridized carbons (Fsp3) is 0.316. The Morgan fingerprint density at radius 3 is 2.70 bits per heavy atom. The van der Waals surface area contributed by atoms with Crippen molar-refractivity contribution in [3.63, 3.8) is 0 Å². The van der Waals surface area contributed by atoms with Crippen LogP contribution < -0.4 is 10.1 Å². The van der Waals surface area contributed by atoms with Gasteiger partial charge in [-0.05, 0) is 61.8 Å². The number of nitrogens with one attached hydrogen (secondary N) is 1. The molecular formula is C19H22N2O2. The van der Waals surface area contributed by atoms with E-state index < -0.39 is 0 Å². The Morgan fingerprint density at radius 1 is 1.13 bits per heavy atom. The summed E-state index contributed by atoms with van der Waals surface area (Å²) in [5, 5.41) is 2.96. The molecule has 0 saturated carbocycles. The Kier molecular flexibility index (Phi) is 4.93. The van der Waals surface area contributed by atoms with Crippen LogP contribution in [0.15, 0.2) is 48.5 Å². The van der Waals surface area contributed by atoms with Crippen molar-refractivity contribution in [1.29, 1.82) is 0 Å². The Labute approximate surface area is 137 Å². The molecule has 0 aromatic heterocycles. The maximum Gasteiger partial charge on any atom is 0.255 e. The van der Waals surface area contributed by atoms with Gasteiger partial charge in [-0.15, -0.1) is 0 Å². The van der Waals surface area contributed by atoms with E-state index in [0.29, 0.717) is 11.3 Å². The molecule has 23 heavy (non-hydrogen) atoms. The number of likely N-dealkylation sites (tertiary alicyclic amines) is 1. The summed E-state index contributed by atoms with van der Waals surface area (Å²) in [4.78, 5) is 14.8. The molecule has 1 saturated heterocycles. The van der Waals surface area contributed by atoms with Gasteiger partial charge >= 0.3 is 0 Å². The summed E-state index contributed by atoms with van der Waals surface area (Å²) >= 11 is 0. The molecule has 0 aliphatic carbocycles. The van der Waals surface area contributed by atoms with Crippen LogP contribution >= 0.6 is 0 Å². The zero-order valence-electron chi connectivity index (χ0n) is 13.4. The summed E-state index contributed by atoms with van der Waals surface area (Å²) in [6.45, 7) is 3.28. The first kappa shape index (κ1) is 15.6. The first-order valence-corrected chi connectivity index (χ1v) is 8.01. The van der Waals surface area contributed by atoms with Crippen LogP contribution in [-0.4, -0.2) is 31.0 Å². The summed E-state index contributed by atoms with van der Waals surface area (Å²) in [7, 11) is 1.60. The van der Waals surface area contributed by atoms with Crippen molar-refractivity contribution in [2.45, 2.75) is 19.4 Å². The maximum atomic E-state index is 12.4. The first-order chi connectivity index (χ1) is 11.2. The number of rotatable bonds is 5. The average molecular weight is 310 g/mol. The minimum atomic E-state index is -0.123. The number of ether oxygens (including phenoxy) is 1. The molecule has 0 spiro atoms. The molecule has 2 aromatic rings. The first-order valence-electron chi connectivity index (χ1n) is 8.01. The zero-order chi connectivity index (χ0) is 16.1. The van der Waals surface area contributed by atoms with E-state index in [4.69, 9.17) is 4.74 Å². The van der Waals surface area contributed by atoms with Crippen molar-refractivity contribution in [3.8, 4) is 5.75 Å². The molecule has 1 N–H and O–H groups in total. The number of anilines is 1. The minimum Gasteiger partial charge on any atom is -0.497 e. The van der Waals surface area contributed by atoms with Crippen LogP contribution in [0.1, 0.15) is 28.8 Å². The van der Waals surface area contributed by atoms with E-state index in [9.17, 15) is 4.79 Å². The zero-order valence-corrected chi connectivity index (χ0v) is 13.4. The normalized spacial score (nSPS) is 14.7. The van der Waals surface area contributed by atoms with Gasteiger partial charge in [0, 0.05) is 17.8 Å². The summed E-state index contributed by atoms with van der Waals surface area (Å²) in [5.41, 5.74) is 2.65. The molecule has 1 fully saturated rings. The quantitative estimate of drug-likeness (QED) is 0.918. The van der Waals surface area contributed by atoms with E-state index in [2.05, 4.69) is 22.3 Å². The molecule has 0 unspecified atom stereocenters. The van der Waals surface area contributed by atoms with Gasteiger partial charge in [0.05, 0.1) is 7.11 Å². The number of carbonyl (C=O) groups excluding carboxylic acids is 1. The monoisotopic (exact) mass is 310 g/mol. The van der Waals surface area contributed by atoms with Crippen molar-refractivity contribution in [1.82, 2.24) is 4.90 Å². The molecule has 1 aliphatic rings. The summed E-state index contributed by atoms with van der Waals surface area (Å²) < 4.78 is 5.16. The molecule has 1 aliphatic heterocycles. The van der Waals surface area contributed by atoms with Crippen molar-refractivity contribution >= 4 is 11.6 Å². The van der Waals surface area contributed by atoms with Gasteiger partial charge in [-0.25, -0.2) is 0 Å². The predicted octanol–water partition coefficient (Wildman–Crippen LogP) is 3.54. The second kappa shape index (κ2) is 7.29. The van der Waals surface area contributed by atoms with Crippen LogP contribution in [0.25, 0.3) is 0 Å². The maximum absolute atomic E-state index is 12.4. The number of carbonyl (C=O) groups is 1. The molecule has 1 amide bonds. The third-order valence-corrected chi connectivity index (χ3v) is 4.12. The summed E-state index contributed by atoms with van der Waals surface area (Å²) in [6.07, 6.45) is 2.57. The number of benzene rings is 2. The van der Waals surface area contributed by atoms with Gasteiger partial charge in [0.1, 0.15) is 5.75 Å². The molecule has 1 heterocycles. The Morgan fingerprint density at radius 2 is 1.91 bits per heavy atom.